The van der Waals surface area contributed by atoms with Crippen molar-refractivity contribution in [2.24, 2.45) is 0 Å². The van der Waals surface area contributed by atoms with Crippen molar-refractivity contribution in [3.8, 4) is 35.3 Å². The third kappa shape index (κ3) is 15.4. The van der Waals surface area contributed by atoms with Crippen molar-refractivity contribution < 1.29 is 93.2 Å². The number of sulfonamides is 3. The van der Waals surface area contributed by atoms with Gasteiger partial charge in [0.2, 0.25) is 29.4 Å². The van der Waals surface area contributed by atoms with E-state index in [0.29, 0.717) is 37.9 Å². The molecule has 9 rings (SSSR count). The lowest BCUT2D eigenvalue weighted by molar-refractivity contribution is -0.0556. The van der Waals surface area contributed by atoms with E-state index in [4.69, 9.17) is 46.9 Å². The van der Waals surface area contributed by atoms with Gasteiger partial charge in [-0.05, 0) is 60.7 Å². The van der Waals surface area contributed by atoms with E-state index >= 15 is 0 Å². The number of methoxy groups -OCH3 is 3. The van der Waals surface area contributed by atoms with E-state index in [1.54, 1.807) is 36.4 Å². The third-order valence-corrected chi connectivity index (χ3v) is 15.3. The first-order valence-corrected chi connectivity index (χ1v) is 27.9. The molecule has 0 aliphatic rings. The summed E-state index contributed by atoms with van der Waals surface area (Å²) in [6.45, 7) is -5.14. The highest BCUT2D eigenvalue weighted by molar-refractivity contribution is 7.93. The number of pyridine rings is 4. The van der Waals surface area contributed by atoms with E-state index in [1.165, 1.54) is 50.9 Å². The first kappa shape index (κ1) is 62.3. The quantitative estimate of drug-likeness (QED) is 0.0365. The van der Waals surface area contributed by atoms with E-state index in [0.717, 1.165) is 25.4 Å². The predicted octanol–water partition coefficient (Wildman–Crippen LogP) is 10.8. The van der Waals surface area contributed by atoms with Crippen molar-refractivity contribution in [3.63, 3.8) is 0 Å². The number of H-pyrrole nitrogens is 3. The molecular formula is C47H39Cl2F9N10O12S3. The molecule has 0 radical (unpaired) electrons. The van der Waals surface area contributed by atoms with Gasteiger partial charge in [0.15, 0.2) is 19.0 Å². The summed E-state index contributed by atoms with van der Waals surface area (Å²) < 4.78 is 225. The zero-order chi connectivity index (χ0) is 60.6. The van der Waals surface area contributed by atoms with Crippen molar-refractivity contribution in [1.82, 2.24) is 34.9 Å². The molecule has 0 fully saturated rings. The number of benzene rings is 2. The van der Waals surface area contributed by atoms with Gasteiger partial charge in [0.1, 0.15) is 43.1 Å². The fourth-order valence-corrected chi connectivity index (χ4v) is 11.2. The molecule has 7 aromatic heterocycles. The summed E-state index contributed by atoms with van der Waals surface area (Å²) in [4.78, 5) is 22.4. The topological polar surface area (TPSA) is 293 Å². The van der Waals surface area contributed by atoms with Crippen LogP contribution in [0, 0.1) is 5.82 Å². The van der Waals surface area contributed by atoms with Gasteiger partial charge in [-0.15, -0.1) is 0 Å². The molecule has 0 unspecified atom stereocenters. The number of aromatic nitrogens is 7. The summed E-state index contributed by atoms with van der Waals surface area (Å²) in [5.74, 6) is -3.46. The van der Waals surface area contributed by atoms with E-state index in [9.17, 15) is 64.8 Å². The van der Waals surface area contributed by atoms with Crippen molar-refractivity contribution >= 4 is 103 Å². The summed E-state index contributed by atoms with van der Waals surface area (Å²) in [7, 11) is -8.80. The number of anilines is 3. The van der Waals surface area contributed by atoms with Gasteiger partial charge >= 0.3 is 6.61 Å². The van der Waals surface area contributed by atoms with E-state index in [-0.39, 0.29) is 60.6 Å². The number of rotatable bonds is 21. The van der Waals surface area contributed by atoms with Gasteiger partial charge in [-0.3, -0.25) is 14.2 Å². The monoisotopic (exact) mass is 1270 g/mol. The Balaban J connectivity index is 0.000000179. The molecule has 0 aliphatic carbocycles. The van der Waals surface area contributed by atoms with Gasteiger partial charge in [0, 0.05) is 74.0 Å². The average molecular weight is 1270 g/mol. The van der Waals surface area contributed by atoms with Crippen molar-refractivity contribution in [3.05, 3.63) is 119 Å². The Hall–Kier alpha value is -8.34. The Morgan fingerprint density at radius 1 is 0.506 bits per heavy atom. The average Bonchev–Trinajstić information content (AvgIpc) is 3.91. The maximum Gasteiger partial charge on any atom is 0.388 e. The number of nitrogens with one attached hydrogen (secondary N) is 6. The van der Waals surface area contributed by atoms with Gasteiger partial charge in [-0.1, -0.05) is 23.2 Å². The number of ether oxygens (including phenoxy) is 6. The molecule has 0 amide bonds. The molecule has 6 N–H and O–H groups in total. The van der Waals surface area contributed by atoms with Crippen molar-refractivity contribution in [1.29, 1.82) is 0 Å². The van der Waals surface area contributed by atoms with Crippen LogP contribution in [0.2, 0.25) is 10.0 Å². The van der Waals surface area contributed by atoms with Crippen LogP contribution in [-0.4, -0.2) is 114 Å². The Labute approximate surface area is 472 Å². The summed E-state index contributed by atoms with van der Waals surface area (Å²) in [6, 6.07) is 17.4. The van der Waals surface area contributed by atoms with Crippen LogP contribution in [0.5, 0.6) is 35.3 Å². The minimum Gasteiger partial charge on any atom is -0.481 e. The first-order valence-electron chi connectivity index (χ1n) is 22.7. The lowest BCUT2D eigenvalue weighted by atomic mass is 10.2. The van der Waals surface area contributed by atoms with E-state index in [1.807, 2.05) is 4.72 Å². The Bertz CT molecular complexity index is 4130. The van der Waals surface area contributed by atoms with Crippen LogP contribution in [0.1, 0.15) is 12.1 Å². The molecule has 0 atom stereocenters. The molecule has 36 heteroatoms. The zero-order valence-electron chi connectivity index (χ0n) is 42.0. The van der Waals surface area contributed by atoms with Crippen LogP contribution in [0.25, 0.3) is 32.8 Å². The summed E-state index contributed by atoms with van der Waals surface area (Å²) >= 11 is 11.8. The third-order valence-electron chi connectivity index (χ3n) is 10.6. The smallest absolute Gasteiger partial charge is 0.388 e. The minimum atomic E-state index is -4.40. The molecule has 7 heterocycles. The number of halogens is 11. The molecule has 9 aromatic rings. The summed E-state index contributed by atoms with van der Waals surface area (Å²) in [5.41, 5.74) is -0.143. The van der Waals surface area contributed by atoms with Crippen LogP contribution in [0.15, 0.2) is 112 Å². The molecule has 2 aromatic carbocycles. The molecule has 83 heavy (non-hydrogen) atoms. The standard InChI is InChI=1S/2C16H14ClF2N3O4S.C15H11F5N4O4S/c1-25-16-11(4-5-15(21-16)26-8-14(18)19)22-27(23,24)13-7-20-12-6-9(17)2-3-10(12)13;1-25-15-5-4-11(16(21-15)26-8-14(18)19)22-27(23,24)13-7-20-12-6-9(17)2-3-10(12)13;1-27-14-9(4-7(16)13(23-14)28-15(19)20)24-29(25,26)10-5-21-12-6(10)2-3-8(22-12)11(17)18/h2*2-7,14,20,22H,8H2,1H3;2-5,11,15,24H,1H3,(H,21,22). The van der Waals surface area contributed by atoms with Gasteiger partial charge in [-0.25, -0.2) is 61.0 Å². The lowest BCUT2D eigenvalue weighted by Gasteiger charge is -2.13. The lowest BCUT2D eigenvalue weighted by Crippen LogP contribution is -2.15. The van der Waals surface area contributed by atoms with Gasteiger partial charge in [0.05, 0.1) is 21.3 Å². The van der Waals surface area contributed by atoms with Crippen LogP contribution < -0.4 is 42.6 Å². The minimum absolute atomic E-state index is 0.00745. The SMILES string of the molecule is COc1ccc(NS(=O)(=O)c2c[nH]c3cc(Cl)ccc23)c(OCC(F)F)n1.COc1nc(OC(F)F)c(F)cc1NS(=O)(=O)c1c[nH]c2nc(C(F)F)ccc12.COc1nc(OCC(F)F)ccc1NS(=O)(=O)c1c[nH]c2cc(Cl)ccc12. The highest BCUT2D eigenvalue weighted by Gasteiger charge is 2.27. The summed E-state index contributed by atoms with van der Waals surface area (Å²) in [6.07, 6.45) is -4.62. The Kier molecular flexibility index (Phi) is 19.7. The molecule has 0 saturated carbocycles. The van der Waals surface area contributed by atoms with Crippen LogP contribution >= 0.6 is 23.2 Å². The van der Waals surface area contributed by atoms with Gasteiger partial charge < -0.3 is 43.4 Å². The number of nitrogens with zero attached hydrogens (tertiary/aromatic N) is 4. The highest BCUT2D eigenvalue weighted by atomic mass is 35.5. The van der Waals surface area contributed by atoms with Crippen LogP contribution in [0.3, 0.4) is 0 Å². The number of alkyl halides is 8. The number of hydrogen-bond donors (Lipinski definition) is 6. The van der Waals surface area contributed by atoms with Gasteiger partial charge in [0.25, 0.3) is 55.2 Å². The van der Waals surface area contributed by atoms with E-state index < -0.39 is 98.1 Å². The number of fused-ring (bicyclic) bond motifs is 3. The second-order valence-corrected chi connectivity index (χ2v) is 21.9. The largest absolute Gasteiger partial charge is 0.481 e. The number of hydrogen-bond acceptors (Lipinski definition) is 16. The predicted molar refractivity (Wildman–Crippen MR) is 282 cm³/mol. The normalized spacial score (nSPS) is 11.8. The Morgan fingerprint density at radius 3 is 1.49 bits per heavy atom. The van der Waals surface area contributed by atoms with Crippen LogP contribution in [0.4, 0.5) is 56.6 Å². The van der Waals surface area contributed by atoms with E-state index in [2.05, 4.69) is 49.1 Å². The highest BCUT2D eigenvalue weighted by Crippen LogP contribution is 2.35. The molecule has 0 spiro atoms. The Morgan fingerprint density at radius 2 is 0.976 bits per heavy atom. The first-order chi connectivity index (χ1) is 39.2. The molecule has 0 saturated heterocycles. The molecule has 0 aliphatic heterocycles. The number of aromatic amines is 3. The fraction of sp³-hybridized carbons (Fsp3) is 0.191. The molecule has 22 nitrogen and oxygen atoms in total. The van der Waals surface area contributed by atoms with Crippen molar-refractivity contribution in [2.75, 3.05) is 48.7 Å². The molecular weight excluding hydrogens is 1230 g/mol. The molecule has 0 bridgehead atoms. The van der Waals surface area contributed by atoms with Gasteiger partial charge in [-0.2, -0.15) is 23.7 Å². The maximum absolute atomic E-state index is 13.9. The fourth-order valence-electron chi connectivity index (χ4n) is 7.13. The summed E-state index contributed by atoms with van der Waals surface area (Å²) in [5, 5.41) is 1.78. The van der Waals surface area contributed by atoms with Crippen molar-refractivity contribution in [2.45, 2.75) is 40.6 Å². The van der Waals surface area contributed by atoms with Crippen LogP contribution in [-0.2, 0) is 30.1 Å². The maximum atomic E-state index is 13.9. The zero-order valence-corrected chi connectivity index (χ0v) is 46.0. The second-order valence-electron chi connectivity index (χ2n) is 16.1. The molecule has 444 valence electrons. The second kappa shape index (κ2) is 26.3.